The topological polar surface area (TPSA) is 61.4 Å². The van der Waals surface area contributed by atoms with Gasteiger partial charge in [0.25, 0.3) is 5.91 Å². The lowest BCUT2D eigenvalue weighted by molar-refractivity contribution is -0.129. The summed E-state index contributed by atoms with van der Waals surface area (Å²) < 4.78 is 0. The van der Waals surface area contributed by atoms with Gasteiger partial charge in [0.2, 0.25) is 5.91 Å². The van der Waals surface area contributed by atoms with Crippen LogP contribution in [-0.4, -0.2) is 50.4 Å². The number of carbonyl (C=O) groups is 2. The Morgan fingerprint density at radius 2 is 2.16 bits per heavy atom. The third-order valence-electron chi connectivity index (χ3n) is 2.76. The Balaban J connectivity index is 2.13. The zero-order valence-corrected chi connectivity index (χ0v) is 12.3. The molecule has 106 valence electrons. The summed E-state index contributed by atoms with van der Waals surface area (Å²) in [6.07, 6.45) is 1.13. The van der Waals surface area contributed by atoms with Crippen LogP contribution < -0.4 is 10.6 Å². The Kier molecular flexibility index (Phi) is 7.14. The van der Waals surface area contributed by atoms with Crippen molar-refractivity contribution in [2.75, 3.05) is 33.7 Å². The Bertz CT molecular complexity index is 393. The molecule has 19 heavy (non-hydrogen) atoms. The predicted octanol–water partition coefficient (Wildman–Crippen LogP) is 0.936. The number of thiophene rings is 1. The van der Waals surface area contributed by atoms with Crippen molar-refractivity contribution in [2.45, 2.75) is 12.8 Å². The molecule has 0 atom stereocenters. The number of nitrogens with zero attached hydrogens (tertiary/aromatic N) is 1. The Labute approximate surface area is 118 Å². The smallest absolute Gasteiger partial charge is 0.252 e. The van der Waals surface area contributed by atoms with Gasteiger partial charge in [-0.2, -0.15) is 11.3 Å². The van der Waals surface area contributed by atoms with Gasteiger partial charge in [-0.05, 0) is 24.9 Å². The number of likely N-dealkylation sites (N-methyl/N-ethyl adjacent to an activating group) is 2. The van der Waals surface area contributed by atoms with Gasteiger partial charge in [0, 0.05) is 44.0 Å². The van der Waals surface area contributed by atoms with Gasteiger partial charge in [-0.25, -0.2) is 0 Å². The first kappa shape index (κ1) is 15.7. The molecule has 0 bridgehead atoms. The highest BCUT2D eigenvalue weighted by molar-refractivity contribution is 7.08. The molecule has 0 radical (unpaired) electrons. The average molecular weight is 283 g/mol. The standard InChI is InChI=1S/C13H21N3O2S/c1-14-7-8-16(2)12(17)4-3-6-15-13(18)11-5-9-19-10-11/h5,9-10,14H,3-4,6-8H2,1-2H3,(H,15,18). The van der Waals surface area contributed by atoms with Crippen LogP contribution >= 0.6 is 11.3 Å². The van der Waals surface area contributed by atoms with Crippen LogP contribution in [0.25, 0.3) is 0 Å². The Morgan fingerprint density at radius 3 is 2.79 bits per heavy atom. The fraction of sp³-hybridized carbons (Fsp3) is 0.538. The first-order valence-electron chi connectivity index (χ1n) is 6.34. The minimum Gasteiger partial charge on any atom is -0.352 e. The molecule has 0 saturated carbocycles. The van der Waals surface area contributed by atoms with Crippen LogP contribution in [-0.2, 0) is 4.79 Å². The van der Waals surface area contributed by atoms with Crippen LogP contribution in [0.4, 0.5) is 0 Å². The summed E-state index contributed by atoms with van der Waals surface area (Å²) in [5.74, 6) is 0.0391. The summed E-state index contributed by atoms with van der Waals surface area (Å²) in [4.78, 5) is 25.0. The van der Waals surface area contributed by atoms with Gasteiger partial charge in [0.15, 0.2) is 0 Å². The first-order valence-corrected chi connectivity index (χ1v) is 7.28. The molecular formula is C13H21N3O2S. The largest absolute Gasteiger partial charge is 0.352 e. The number of hydrogen-bond donors (Lipinski definition) is 2. The molecule has 0 fully saturated rings. The fourth-order valence-corrected chi connectivity index (χ4v) is 2.17. The summed E-state index contributed by atoms with van der Waals surface area (Å²) >= 11 is 1.50. The molecule has 0 aliphatic heterocycles. The molecule has 0 saturated heterocycles. The van der Waals surface area contributed by atoms with Gasteiger partial charge in [-0.1, -0.05) is 0 Å². The number of hydrogen-bond acceptors (Lipinski definition) is 4. The van der Waals surface area contributed by atoms with Crippen molar-refractivity contribution in [1.82, 2.24) is 15.5 Å². The minimum absolute atomic E-state index is 0.0720. The van der Waals surface area contributed by atoms with E-state index >= 15 is 0 Å². The second-order valence-corrected chi connectivity index (χ2v) is 5.07. The van der Waals surface area contributed by atoms with Crippen LogP contribution in [0.15, 0.2) is 16.8 Å². The lowest BCUT2D eigenvalue weighted by atomic mass is 10.2. The van der Waals surface area contributed by atoms with Crippen molar-refractivity contribution in [3.8, 4) is 0 Å². The molecule has 0 unspecified atom stereocenters. The minimum atomic E-state index is -0.0720. The molecule has 0 aromatic carbocycles. The lowest BCUT2D eigenvalue weighted by Gasteiger charge is -2.16. The highest BCUT2D eigenvalue weighted by atomic mass is 32.1. The van der Waals surface area contributed by atoms with E-state index in [9.17, 15) is 9.59 Å². The number of nitrogens with one attached hydrogen (secondary N) is 2. The molecule has 2 N–H and O–H groups in total. The number of carbonyl (C=O) groups excluding carboxylic acids is 2. The van der Waals surface area contributed by atoms with E-state index in [1.165, 1.54) is 11.3 Å². The highest BCUT2D eigenvalue weighted by Crippen LogP contribution is 2.05. The van der Waals surface area contributed by atoms with E-state index in [0.29, 0.717) is 31.5 Å². The van der Waals surface area contributed by atoms with Crippen LogP contribution in [0.1, 0.15) is 23.2 Å². The predicted molar refractivity (Wildman–Crippen MR) is 77.4 cm³/mol. The van der Waals surface area contributed by atoms with E-state index in [-0.39, 0.29) is 11.8 Å². The third kappa shape index (κ3) is 5.85. The fourth-order valence-electron chi connectivity index (χ4n) is 1.53. The maximum atomic E-state index is 11.7. The van der Waals surface area contributed by atoms with E-state index in [4.69, 9.17) is 0 Å². The normalized spacial score (nSPS) is 10.2. The quantitative estimate of drug-likeness (QED) is 0.698. The van der Waals surface area contributed by atoms with Crippen LogP contribution in [0.5, 0.6) is 0 Å². The van der Waals surface area contributed by atoms with Crippen molar-refractivity contribution in [2.24, 2.45) is 0 Å². The van der Waals surface area contributed by atoms with Crippen molar-refractivity contribution < 1.29 is 9.59 Å². The second kappa shape index (κ2) is 8.66. The Hall–Kier alpha value is -1.40. The summed E-state index contributed by atoms with van der Waals surface area (Å²) in [6, 6.07) is 1.79. The van der Waals surface area contributed by atoms with E-state index < -0.39 is 0 Å². The van der Waals surface area contributed by atoms with Crippen molar-refractivity contribution in [1.29, 1.82) is 0 Å². The lowest BCUT2D eigenvalue weighted by Crippen LogP contribution is -2.33. The van der Waals surface area contributed by atoms with Gasteiger partial charge in [0.1, 0.15) is 0 Å². The molecule has 1 aromatic rings. The molecule has 0 aliphatic carbocycles. The molecule has 1 heterocycles. The van der Waals surface area contributed by atoms with Gasteiger partial charge in [-0.15, -0.1) is 0 Å². The maximum Gasteiger partial charge on any atom is 0.252 e. The monoisotopic (exact) mass is 283 g/mol. The van der Waals surface area contributed by atoms with Gasteiger partial charge in [0.05, 0.1) is 0 Å². The molecular weight excluding hydrogens is 262 g/mol. The van der Waals surface area contributed by atoms with Gasteiger partial charge in [-0.3, -0.25) is 9.59 Å². The molecule has 6 heteroatoms. The number of rotatable bonds is 8. The van der Waals surface area contributed by atoms with Crippen LogP contribution in [0.3, 0.4) is 0 Å². The zero-order chi connectivity index (χ0) is 14.1. The van der Waals surface area contributed by atoms with Crippen molar-refractivity contribution in [3.63, 3.8) is 0 Å². The summed E-state index contributed by atoms with van der Waals surface area (Å²) in [5, 5.41) is 9.49. The molecule has 0 aliphatic rings. The first-order chi connectivity index (χ1) is 9.15. The average Bonchev–Trinajstić information content (AvgIpc) is 2.94. The summed E-state index contributed by atoms with van der Waals surface area (Å²) in [6.45, 7) is 2.02. The SMILES string of the molecule is CNCCN(C)C(=O)CCCNC(=O)c1ccsc1. The number of amides is 2. The van der Waals surface area contributed by atoms with Crippen molar-refractivity contribution in [3.05, 3.63) is 22.4 Å². The van der Waals surface area contributed by atoms with Crippen LogP contribution in [0, 0.1) is 0 Å². The Morgan fingerprint density at radius 1 is 1.37 bits per heavy atom. The summed E-state index contributed by atoms with van der Waals surface area (Å²) in [5.41, 5.74) is 0.683. The molecule has 2 amide bonds. The highest BCUT2D eigenvalue weighted by Gasteiger charge is 2.08. The van der Waals surface area contributed by atoms with Crippen LogP contribution in [0.2, 0.25) is 0 Å². The molecule has 1 aromatic heterocycles. The van der Waals surface area contributed by atoms with E-state index in [1.807, 2.05) is 17.8 Å². The van der Waals surface area contributed by atoms with Gasteiger partial charge >= 0.3 is 0 Å². The van der Waals surface area contributed by atoms with E-state index in [0.717, 1.165) is 6.54 Å². The maximum absolute atomic E-state index is 11.7. The summed E-state index contributed by atoms with van der Waals surface area (Å²) in [7, 11) is 3.65. The van der Waals surface area contributed by atoms with E-state index in [2.05, 4.69) is 10.6 Å². The second-order valence-electron chi connectivity index (χ2n) is 4.29. The zero-order valence-electron chi connectivity index (χ0n) is 11.4. The van der Waals surface area contributed by atoms with E-state index in [1.54, 1.807) is 18.0 Å². The molecule has 1 rings (SSSR count). The molecule has 0 spiro atoms. The van der Waals surface area contributed by atoms with Crippen molar-refractivity contribution >= 4 is 23.2 Å². The molecule has 5 nitrogen and oxygen atoms in total. The third-order valence-corrected chi connectivity index (χ3v) is 3.44. The van der Waals surface area contributed by atoms with Gasteiger partial charge < -0.3 is 15.5 Å².